The van der Waals surface area contributed by atoms with Crippen LogP contribution in [0, 0.1) is 0 Å². The Morgan fingerprint density at radius 1 is 1.11 bits per heavy atom. The van der Waals surface area contributed by atoms with Gasteiger partial charge in [0.25, 0.3) is 0 Å². The van der Waals surface area contributed by atoms with Gasteiger partial charge in [0.05, 0.1) is 11.7 Å². The number of anilines is 1. The van der Waals surface area contributed by atoms with Crippen molar-refractivity contribution in [2.45, 2.75) is 12.8 Å². The number of nitrogens with one attached hydrogen (secondary N) is 1. The lowest BCUT2D eigenvalue weighted by atomic mass is 10.1. The van der Waals surface area contributed by atoms with Crippen molar-refractivity contribution in [3.8, 4) is 0 Å². The third-order valence-corrected chi connectivity index (χ3v) is 3.72. The number of rotatable bonds is 1. The van der Waals surface area contributed by atoms with Crippen molar-refractivity contribution < 1.29 is 0 Å². The van der Waals surface area contributed by atoms with Gasteiger partial charge < -0.3 is 9.88 Å². The van der Waals surface area contributed by atoms with Crippen molar-refractivity contribution in [2.24, 2.45) is 0 Å². The zero-order chi connectivity index (χ0) is 11.9. The van der Waals surface area contributed by atoms with Crippen molar-refractivity contribution in [3.63, 3.8) is 0 Å². The summed E-state index contributed by atoms with van der Waals surface area (Å²) in [6, 6.07) is 4.22. The molecule has 1 fully saturated rings. The van der Waals surface area contributed by atoms with Crippen molar-refractivity contribution in [3.05, 3.63) is 30.7 Å². The number of pyridine rings is 2. The van der Waals surface area contributed by atoms with Crippen molar-refractivity contribution in [1.82, 2.24) is 15.0 Å². The van der Waals surface area contributed by atoms with Crippen LogP contribution in [0.2, 0.25) is 0 Å². The van der Waals surface area contributed by atoms with E-state index >= 15 is 0 Å². The van der Waals surface area contributed by atoms with E-state index < -0.39 is 0 Å². The molecule has 3 aromatic heterocycles. The van der Waals surface area contributed by atoms with E-state index in [1.165, 1.54) is 23.9 Å². The molecule has 3 aromatic rings. The SMILES string of the molecule is c1cc2c(n1)ncc1[nH]ccc(N3CCCC3)c12. The average molecular weight is 238 g/mol. The maximum atomic E-state index is 4.38. The lowest BCUT2D eigenvalue weighted by molar-refractivity contribution is 0.949. The molecule has 4 nitrogen and oxygen atoms in total. The van der Waals surface area contributed by atoms with E-state index in [1.807, 2.05) is 18.6 Å². The smallest absolute Gasteiger partial charge is 0.159 e. The molecule has 18 heavy (non-hydrogen) atoms. The minimum Gasteiger partial charge on any atom is -0.371 e. The predicted molar refractivity (Wildman–Crippen MR) is 72.8 cm³/mol. The molecule has 0 saturated carbocycles. The van der Waals surface area contributed by atoms with E-state index in [0.29, 0.717) is 0 Å². The largest absolute Gasteiger partial charge is 0.371 e. The number of nitrogens with zero attached hydrogens (tertiary/aromatic N) is 3. The first-order valence-electron chi connectivity index (χ1n) is 6.39. The molecule has 1 N–H and O–H groups in total. The summed E-state index contributed by atoms with van der Waals surface area (Å²) in [5.41, 5.74) is 3.23. The fourth-order valence-electron chi connectivity index (χ4n) is 2.86. The van der Waals surface area contributed by atoms with E-state index in [4.69, 9.17) is 0 Å². The highest BCUT2D eigenvalue weighted by Gasteiger charge is 2.16. The van der Waals surface area contributed by atoms with Crippen LogP contribution < -0.4 is 4.90 Å². The fraction of sp³-hybridized carbons (Fsp3) is 0.286. The Bertz CT molecular complexity index is 710. The van der Waals surface area contributed by atoms with Crippen molar-refractivity contribution in [2.75, 3.05) is 18.0 Å². The van der Waals surface area contributed by atoms with E-state index in [0.717, 1.165) is 29.6 Å². The minimum absolute atomic E-state index is 0.836. The third kappa shape index (κ3) is 1.32. The van der Waals surface area contributed by atoms with Crippen LogP contribution in [0.5, 0.6) is 0 Å². The minimum atomic E-state index is 0.836. The molecule has 0 aromatic carbocycles. The number of H-pyrrole nitrogens is 1. The molecule has 4 heterocycles. The summed E-state index contributed by atoms with van der Waals surface area (Å²) in [6.45, 7) is 2.30. The normalized spacial score (nSPS) is 15.9. The molecule has 90 valence electrons. The number of aromatic amines is 1. The summed E-state index contributed by atoms with van der Waals surface area (Å²) in [6.07, 6.45) is 8.28. The maximum Gasteiger partial charge on any atom is 0.159 e. The van der Waals surface area contributed by atoms with Crippen LogP contribution in [0.15, 0.2) is 30.7 Å². The predicted octanol–water partition coefficient (Wildman–Crippen LogP) is 2.71. The highest BCUT2D eigenvalue weighted by Crippen LogP contribution is 2.32. The zero-order valence-electron chi connectivity index (χ0n) is 10.1. The van der Waals surface area contributed by atoms with E-state index in [2.05, 4.69) is 32.0 Å². The zero-order valence-corrected chi connectivity index (χ0v) is 10.1. The Hall–Kier alpha value is -2.10. The van der Waals surface area contributed by atoms with Gasteiger partial charge in [-0.2, -0.15) is 0 Å². The molecule has 0 unspecified atom stereocenters. The number of hydrogen-bond acceptors (Lipinski definition) is 3. The van der Waals surface area contributed by atoms with Gasteiger partial charge in [-0.3, -0.25) is 0 Å². The first-order chi connectivity index (χ1) is 8.93. The van der Waals surface area contributed by atoms with Crippen LogP contribution >= 0.6 is 0 Å². The monoisotopic (exact) mass is 238 g/mol. The highest BCUT2D eigenvalue weighted by molar-refractivity contribution is 6.09. The van der Waals surface area contributed by atoms with Gasteiger partial charge in [-0.15, -0.1) is 0 Å². The van der Waals surface area contributed by atoms with E-state index in [1.54, 1.807) is 0 Å². The Morgan fingerprint density at radius 2 is 2.00 bits per heavy atom. The molecule has 1 aliphatic rings. The first-order valence-corrected chi connectivity index (χ1v) is 6.39. The molecular weight excluding hydrogens is 224 g/mol. The lowest BCUT2D eigenvalue weighted by Gasteiger charge is -2.20. The molecular formula is C14H14N4. The molecule has 0 amide bonds. The van der Waals surface area contributed by atoms with Crippen LogP contribution in [0.1, 0.15) is 12.8 Å². The van der Waals surface area contributed by atoms with Gasteiger partial charge in [0.2, 0.25) is 0 Å². The molecule has 4 rings (SSSR count). The molecule has 0 aliphatic carbocycles. The Balaban J connectivity index is 2.08. The molecule has 0 atom stereocenters. The molecule has 0 radical (unpaired) electrons. The summed E-state index contributed by atoms with van der Waals surface area (Å²) >= 11 is 0. The third-order valence-electron chi connectivity index (χ3n) is 3.72. The number of fused-ring (bicyclic) bond motifs is 3. The van der Waals surface area contributed by atoms with Crippen LogP contribution in [-0.2, 0) is 0 Å². The van der Waals surface area contributed by atoms with Gasteiger partial charge in [0.15, 0.2) is 5.65 Å². The summed E-state index contributed by atoms with van der Waals surface area (Å²) < 4.78 is 0. The van der Waals surface area contributed by atoms with Gasteiger partial charge in [0.1, 0.15) is 0 Å². The van der Waals surface area contributed by atoms with Crippen LogP contribution in [0.3, 0.4) is 0 Å². The van der Waals surface area contributed by atoms with E-state index in [9.17, 15) is 0 Å². The highest BCUT2D eigenvalue weighted by atomic mass is 15.1. The summed E-state index contributed by atoms with van der Waals surface area (Å²) in [7, 11) is 0. The van der Waals surface area contributed by atoms with Crippen molar-refractivity contribution >= 4 is 27.6 Å². The number of hydrogen-bond donors (Lipinski definition) is 1. The lowest BCUT2D eigenvalue weighted by Crippen LogP contribution is -2.18. The van der Waals surface area contributed by atoms with E-state index in [-0.39, 0.29) is 0 Å². The summed E-state index contributed by atoms with van der Waals surface area (Å²) in [4.78, 5) is 14.4. The van der Waals surface area contributed by atoms with Crippen molar-refractivity contribution in [1.29, 1.82) is 0 Å². The topological polar surface area (TPSA) is 44.8 Å². The van der Waals surface area contributed by atoms with Gasteiger partial charge >= 0.3 is 0 Å². The number of aromatic nitrogens is 3. The standard InChI is InChI=1S/C14H14N4/c1-2-8-18(7-1)12-4-6-15-11-9-17-14-10(13(11)12)3-5-16-14/h3-6,9,15H,1-2,7-8H2. The second-order valence-electron chi connectivity index (χ2n) is 4.79. The quantitative estimate of drug-likeness (QED) is 0.709. The van der Waals surface area contributed by atoms with Crippen LogP contribution in [-0.4, -0.2) is 28.0 Å². The Morgan fingerprint density at radius 3 is 2.89 bits per heavy atom. The Kier molecular flexibility index (Phi) is 2.03. The average Bonchev–Trinajstić information content (AvgIpc) is 3.09. The molecule has 0 spiro atoms. The first kappa shape index (κ1) is 9.88. The summed E-state index contributed by atoms with van der Waals surface area (Å²) in [5.74, 6) is 0. The van der Waals surface area contributed by atoms with Crippen LogP contribution in [0.4, 0.5) is 5.69 Å². The van der Waals surface area contributed by atoms with Gasteiger partial charge in [-0.1, -0.05) is 0 Å². The molecule has 1 saturated heterocycles. The van der Waals surface area contributed by atoms with Gasteiger partial charge in [0, 0.05) is 41.9 Å². The fourth-order valence-corrected chi connectivity index (χ4v) is 2.86. The molecule has 4 heteroatoms. The molecule has 1 aliphatic heterocycles. The molecule has 0 bridgehead atoms. The second-order valence-corrected chi connectivity index (χ2v) is 4.79. The second kappa shape index (κ2) is 3.70. The maximum absolute atomic E-state index is 4.38. The van der Waals surface area contributed by atoms with Crippen LogP contribution in [0.25, 0.3) is 21.9 Å². The Labute approximate surface area is 105 Å². The van der Waals surface area contributed by atoms with Gasteiger partial charge in [-0.25, -0.2) is 9.97 Å². The van der Waals surface area contributed by atoms with Gasteiger partial charge in [-0.05, 0) is 25.0 Å². The summed E-state index contributed by atoms with van der Waals surface area (Å²) in [5, 5.41) is 2.40.